The summed E-state index contributed by atoms with van der Waals surface area (Å²) in [4.78, 5) is 16.1. The molecule has 2 atom stereocenters. The van der Waals surface area contributed by atoms with E-state index in [0.717, 1.165) is 37.4 Å². The van der Waals surface area contributed by atoms with E-state index in [2.05, 4.69) is 21.7 Å². The maximum absolute atomic E-state index is 12.5. The zero-order chi connectivity index (χ0) is 17.6. The van der Waals surface area contributed by atoms with Crippen LogP contribution in [0.25, 0.3) is 0 Å². The van der Waals surface area contributed by atoms with E-state index in [1.165, 1.54) is 4.88 Å². The molecule has 27 heavy (non-hydrogen) atoms. The summed E-state index contributed by atoms with van der Waals surface area (Å²) in [5.74, 6) is -0.140. The van der Waals surface area contributed by atoms with Gasteiger partial charge in [-0.05, 0) is 23.9 Å². The van der Waals surface area contributed by atoms with Crippen LogP contribution in [0.3, 0.4) is 0 Å². The van der Waals surface area contributed by atoms with E-state index in [9.17, 15) is 4.79 Å². The van der Waals surface area contributed by atoms with E-state index in [-0.39, 0.29) is 36.8 Å². The number of morpholine rings is 1. The van der Waals surface area contributed by atoms with Crippen LogP contribution in [0.2, 0.25) is 0 Å². The number of benzene rings is 1. The smallest absolute Gasteiger partial charge is 0.241 e. The average molecular weight is 432 g/mol. The van der Waals surface area contributed by atoms with Crippen LogP contribution in [0.15, 0.2) is 41.8 Å². The Morgan fingerprint density at radius 3 is 2.48 bits per heavy atom. The number of carbonyl (C=O) groups is 1. The van der Waals surface area contributed by atoms with E-state index in [4.69, 9.17) is 10.5 Å². The highest BCUT2D eigenvalue weighted by molar-refractivity contribution is 7.10. The first-order valence-corrected chi connectivity index (χ1v) is 9.48. The van der Waals surface area contributed by atoms with Crippen LogP contribution in [-0.2, 0) is 9.53 Å². The van der Waals surface area contributed by atoms with Gasteiger partial charge >= 0.3 is 0 Å². The Bertz CT molecular complexity index is 677. The highest BCUT2D eigenvalue weighted by Crippen LogP contribution is 2.25. The molecule has 1 saturated heterocycles. The van der Waals surface area contributed by atoms with Crippen molar-refractivity contribution in [1.82, 2.24) is 10.2 Å². The summed E-state index contributed by atoms with van der Waals surface area (Å²) in [5.41, 5.74) is 8.12. The van der Waals surface area contributed by atoms with Crippen molar-refractivity contribution in [2.75, 3.05) is 32.8 Å². The van der Waals surface area contributed by atoms with Crippen molar-refractivity contribution in [2.24, 2.45) is 5.73 Å². The van der Waals surface area contributed by atoms with E-state index < -0.39 is 6.04 Å². The Hall–Kier alpha value is -1.15. The van der Waals surface area contributed by atoms with Crippen LogP contribution in [0.1, 0.15) is 28.1 Å². The van der Waals surface area contributed by atoms with Gasteiger partial charge in [-0.2, -0.15) is 0 Å². The second-order valence-electron chi connectivity index (χ2n) is 6.31. The molecular formula is C19H27Cl2N3O2S. The summed E-state index contributed by atoms with van der Waals surface area (Å²) in [5, 5.41) is 5.11. The van der Waals surface area contributed by atoms with E-state index >= 15 is 0 Å². The Morgan fingerprint density at radius 1 is 1.22 bits per heavy atom. The van der Waals surface area contributed by atoms with E-state index in [0.29, 0.717) is 6.54 Å². The highest BCUT2D eigenvalue weighted by atomic mass is 35.5. The second-order valence-corrected chi connectivity index (χ2v) is 7.29. The Kier molecular flexibility index (Phi) is 10.3. The van der Waals surface area contributed by atoms with Crippen LogP contribution >= 0.6 is 36.2 Å². The molecule has 150 valence electrons. The van der Waals surface area contributed by atoms with Gasteiger partial charge in [0.25, 0.3) is 0 Å². The third kappa shape index (κ3) is 6.45. The molecule has 2 aromatic rings. The number of ether oxygens (including phenoxy) is 1. The quantitative estimate of drug-likeness (QED) is 0.736. The average Bonchev–Trinajstić information content (AvgIpc) is 3.17. The van der Waals surface area contributed by atoms with Gasteiger partial charge in [-0.15, -0.1) is 36.2 Å². The molecule has 0 spiro atoms. The number of nitrogens with one attached hydrogen (secondary N) is 1. The first-order chi connectivity index (χ1) is 12.1. The molecule has 8 heteroatoms. The fraction of sp³-hybridized carbons (Fsp3) is 0.421. The van der Waals surface area contributed by atoms with Crippen molar-refractivity contribution in [1.29, 1.82) is 0 Å². The standard InChI is InChI=1S/C19H25N3O2S.2ClH/c1-14-4-6-15(7-5-14)18(20)19(23)21-13-16(17-3-2-12-25-17)22-8-10-24-11-9-22;;/h2-7,12,16,18H,8-11,13,20H2,1H3,(H,21,23);2*1H. The molecule has 1 aliphatic heterocycles. The Labute approximate surface area is 177 Å². The van der Waals surface area contributed by atoms with E-state index in [1.807, 2.05) is 37.3 Å². The number of hydrogen-bond donors (Lipinski definition) is 2. The molecule has 3 rings (SSSR count). The zero-order valence-electron chi connectivity index (χ0n) is 15.3. The normalized spacial score (nSPS) is 16.5. The number of rotatable bonds is 6. The first-order valence-electron chi connectivity index (χ1n) is 8.60. The number of carbonyl (C=O) groups excluding carboxylic acids is 1. The van der Waals surface area contributed by atoms with Gasteiger partial charge in [0.2, 0.25) is 5.91 Å². The first kappa shape index (κ1) is 23.9. The maximum Gasteiger partial charge on any atom is 0.241 e. The van der Waals surface area contributed by atoms with Crippen LogP contribution in [0, 0.1) is 6.92 Å². The fourth-order valence-corrected chi connectivity index (χ4v) is 3.87. The zero-order valence-corrected chi connectivity index (χ0v) is 17.7. The molecule has 3 N–H and O–H groups in total. The van der Waals surface area contributed by atoms with Gasteiger partial charge in [0.15, 0.2) is 0 Å². The van der Waals surface area contributed by atoms with Crippen molar-refractivity contribution in [3.63, 3.8) is 0 Å². The largest absolute Gasteiger partial charge is 0.379 e. The predicted octanol–water partition coefficient (Wildman–Crippen LogP) is 3.09. The van der Waals surface area contributed by atoms with Crippen LogP contribution in [0.4, 0.5) is 0 Å². The summed E-state index contributed by atoms with van der Waals surface area (Å²) in [7, 11) is 0. The topological polar surface area (TPSA) is 67.6 Å². The van der Waals surface area contributed by atoms with Crippen LogP contribution in [-0.4, -0.2) is 43.7 Å². The SMILES string of the molecule is Cc1ccc(C(N)C(=O)NCC(c2cccs2)N2CCOCC2)cc1.Cl.Cl. The summed E-state index contributed by atoms with van der Waals surface area (Å²) in [6.45, 7) is 5.80. The Balaban J connectivity index is 0.00000182. The van der Waals surface area contributed by atoms with Crippen LogP contribution < -0.4 is 11.1 Å². The summed E-state index contributed by atoms with van der Waals surface area (Å²) in [6.07, 6.45) is 0. The van der Waals surface area contributed by atoms with Gasteiger partial charge in [-0.25, -0.2) is 0 Å². The van der Waals surface area contributed by atoms with Gasteiger partial charge in [0.1, 0.15) is 6.04 Å². The highest BCUT2D eigenvalue weighted by Gasteiger charge is 2.25. The van der Waals surface area contributed by atoms with E-state index in [1.54, 1.807) is 11.3 Å². The lowest BCUT2D eigenvalue weighted by Gasteiger charge is -2.34. The monoisotopic (exact) mass is 431 g/mol. The number of thiophene rings is 1. The molecule has 0 aliphatic carbocycles. The molecular weight excluding hydrogens is 405 g/mol. The van der Waals surface area contributed by atoms with Crippen molar-refractivity contribution in [2.45, 2.75) is 19.0 Å². The van der Waals surface area contributed by atoms with Gasteiger partial charge in [0, 0.05) is 24.5 Å². The molecule has 1 aromatic carbocycles. The summed E-state index contributed by atoms with van der Waals surface area (Å²) >= 11 is 1.72. The number of hydrogen-bond acceptors (Lipinski definition) is 5. The van der Waals surface area contributed by atoms with Gasteiger partial charge in [0.05, 0.1) is 19.3 Å². The number of halogens is 2. The number of aryl methyl sites for hydroxylation is 1. The summed E-state index contributed by atoms with van der Waals surface area (Å²) in [6, 6.07) is 11.5. The molecule has 0 bridgehead atoms. The second kappa shape index (κ2) is 11.6. The lowest BCUT2D eigenvalue weighted by atomic mass is 10.1. The molecule has 0 radical (unpaired) electrons. The number of nitrogens with two attached hydrogens (primary N) is 1. The lowest BCUT2D eigenvalue weighted by molar-refractivity contribution is -0.122. The minimum absolute atomic E-state index is 0. The van der Waals surface area contributed by atoms with Gasteiger partial charge < -0.3 is 15.8 Å². The maximum atomic E-state index is 12.5. The summed E-state index contributed by atoms with van der Waals surface area (Å²) < 4.78 is 5.45. The number of amides is 1. The predicted molar refractivity (Wildman–Crippen MR) is 115 cm³/mol. The molecule has 5 nitrogen and oxygen atoms in total. The van der Waals surface area contributed by atoms with Crippen LogP contribution in [0.5, 0.6) is 0 Å². The molecule has 1 amide bonds. The number of nitrogens with zero attached hydrogens (tertiary/aromatic N) is 1. The molecule has 2 heterocycles. The fourth-order valence-electron chi connectivity index (χ4n) is 3.01. The minimum atomic E-state index is -0.644. The molecule has 1 aromatic heterocycles. The molecule has 0 saturated carbocycles. The third-order valence-electron chi connectivity index (χ3n) is 4.55. The third-order valence-corrected chi connectivity index (χ3v) is 5.52. The molecule has 1 aliphatic rings. The van der Waals surface area contributed by atoms with Crippen molar-refractivity contribution in [3.8, 4) is 0 Å². The lowest BCUT2D eigenvalue weighted by Crippen LogP contribution is -2.45. The van der Waals surface area contributed by atoms with Crippen molar-refractivity contribution >= 4 is 42.1 Å². The Morgan fingerprint density at radius 2 is 1.89 bits per heavy atom. The molecule has 2 unspecified atom stereocenters. The molecule has 1 fully saturated rings. The van der Waals surface area contributed by atoms with Gasteiger partial charge in [-0.3, -0.25) is 9.69 Å². The van der Waals surface area contributed by atoms with Crippen molar-refractivity contribution in [3.05, 3.63) is 57.8 Å². The minimum Gasteiger partial charge on any atom is -0.379 e. The van der Waals surface area contributed by atoms with Gasteiger partial charge in [-0.1, -0.05) is 35.9 Å². The van der Waals surface area contributed by atoms with Crippen molar-refractivity contribution < 1.29 is 9.53 Å².